The highest BCUT2D eigenvalue weighted by Crippen LogP contribution is 2.21. The van der Waals surface area contributed by atoms with Crippen molar-refractivity contribution in [3.63, 3.8) is 0 Å². The minimum Gasteiger partial charge on any atom is -0.396 e. The maximum absolute atomic E-state index is 12.8. The lowest BCUT2D eigenvalue weighted by Gasteiger charge is -2.31. The minimum absolute atomic E-state index is 0.115. The number of ether oxygens (including phenoxy) is 1. The van der Waals surface area contributed by atoms with E-state index >= 15 is 0 Å². The molecular formula is C18H33N3O4S. The molecule has 150 valence electrons. The molecule has 1 aliphatic heterocycles. The van der Waals surface area contributed by atoms with Gasteiger partial charge in [-0.05, 0) is 37.6 Å². The number of piperidine rings is 1. The van der Waals surface area contributed by atoms with Crippen LogP contribution in [-0.4, -0.2) is 67.1 Å². The molecule has 1 aliphatic rings. The first-order chi connectivity index (χ1) is 12.4. The number of aliphatic hydroxyl groups excluding tert-OH is 1. The topological polar surface area (TPSA) is 84.7 Å². The van der Waals surface area contributed by atoms with Crippen molar-refractivity contribution in [1.29, 1.82) is 0 Å². The van der Waals surface area contributed by atoms with Crippen molar-refractivity contribution in [2.75, 3.05) is 39.2 Å². The molecule has 0 spiro atoms. The van der Waals surface area contributed by atoms with Gasteiger partial charge in [-0.1, -0.05) is 13.8 Å². The van der Waals surface area contributed by atoms with Crippen molar-refractivity contribution in [3.05, 3.63) is 11.9 Å². The molecule has 0 radical (unpaired) electrons. The van der Waals surface area contributed by atoms with Crippen molar-refractivity contribution >= 4 is 9.84 Å². The average Bonchev–Trinajstić information content (AvgIpc) is 3.01. The number of methoxy groups -OCH3 is 1. The summed E-state index contributed by atoms with van der Waals surface area (Å²) in [5, 5.41) is 9.57. The van der Waals surface area contributed by atoms with Crippen LogP contribution in [0.3, 0.4) is 0 Å². The molecule has 1 saturated heterocycles. The Morgan fingerprint density at radius 2 is 2.19 bits per heavy atom. The molecule has 1 fully saturated rings. The Kier molecular flexibility index (Phi) is 8.06. The second-order valence-electron chi connectivity index (χ2n) is 7.60. The highest BCUT2D eigenvalue weighted by Gasteiger charge is 2.25. The second-order valence-corrected chi connectivity index (χ2v) is 9.61. The van der Waals surface area contributed by atoms with E-state index in [1.54, 1.807) is 17.9 Å². The summed E-state index contributed by atoms with van der Waals surface area (Å²) in [5.74, 6) is 0.744. The summed E-state index contributed by atoms with van der Waals surface area (Å²) in [6.45, 7) is 7.59. The van der Waals surface area contributed by atoms with E-state index in [0.29, 0.717) is 38.0 Å². The van der Waals surface area contributed by atoms with Crippen LogP contribution in [0.4, 0.5) is 0 Å². The molecule has 26 heavy (non-hydrogen) atoms. The van der Waals surface area contributed by atoms with Crippen LogP contribution in [0.1, 0.15) is 38.8 Å². The predicted octanol–water partition coefficient (Wildman–Crippen LogP) is 1.55. The zero-order valence-corrected chi connectivity index (χ0v) is 17.0. The van der Waals surface area contributed by atoms with E-state index in [2.05, 4.69) is 9.88 Å². The van der Waals surface area contributed by atoms with E-state index in [0.717, 1.165) is 31.6 Å². The van der Waals surface area contributed by atoms with Crippen LogP contribution in [0.25, 0.3) is 0 Å². The standard InChI is InChI=1S/C18H33N3O4S/c1-15(2)6-10-26(23,24)18-19-11-17(21(18)8-9-25-3)13-20-7-4-5-16(12-20)14-22/h11,15-16,22H,4-10,12-14H2,1-3H3/t16-/m1/s1. The molecule has 8 heteroatoms. The molecule has 0 bridgehead atoms. The van der Waals surface area contributed by atoms with E-state index in [1.807, 2.05) is 13.8 Å². The maximum Gasteiger partial charge on any atom is 0.227 e. The van der Waals surface area contributed by atoms with Crippen LogP contribution in [0.15, 0.2) is 11.4 Å². The third-order valence-electron chi connectivity index (χ3n) is 4.91. The number of hydrogen-bond acceptors (Lipinski definition) is 6. The largest absolute Gasteiger partial charge is 0.396 e. The lowest BCUT2D eigenvalue weighted by molar-refractivity contribution is 0.113. The van der Waals surface area contributed by atoms with Gasteiger partial charge in [0.25, 0.3) is 0 Å². The monoisotopic (exact) mass is 387 g/mol. The SMILES string of the molecule is COCCn1c(CN2CCC[C@@H](CO)C2)cnc1S(=O)(=O)CCC(C)C. The van der Waals surface area contributed by atoms with Gasteiger partial charge in [-0.3, -0.25) is 4.90 Å². The van der Waals surface area contributed by atoms with Crippen molar-refractivity contribution in [1.82, 2.24) is 14.5 Å². The summed E-state index contributed by atoms with van der Waals surface area (Å²) < 4.78 is 32.5. The first kappa shape index (κ1) is 21.3. The van der Waals surface area contributed by atoms with Crippen LogP contribution < -0.4 is 0 Å². The quantitative estimate of drug-likeness (QED) is 0.656. The van der Waals surface area contributed by atoms with Crippen LogP contribution >= 0.6 is 0 Å². The summed E-state index contributed by atoms with van der Waals surface area (Å²) in [4.78, 5) is 6.54. The van der Waals surface area contributed by atoms with E-state index in [9.17, 15) is 13.5 Å². The lowest BCUT2D eigenvalue weighted by Crippen LogP contribution is -2.37. The number of rotatable bonds is 10. The van der Waals surface area contributed by atoms with Crippen LogP contribution in [0.5, 0.6) is 0 Å². The fraction of sp³-hybridized carbons (Fsp3) is 0.833. The Balaban J connectivity index is 2.19. The number of sulfone groups is 1. The molecule has 0 saturated carbocycles. The molecule has 2 heterocycles. The molecule has 1 aromatic heterocycles. The molecule has 0 amide bonds. The Morgan fingerprint density at radius 1 is 1.42 bits per heavy atom. The summed E-state index contributed by atoms with van der Waals surface area (Å²) in [6, 6.07) is 0. The van der Waals surface area contributed by atoms with Crippen molar-refractivity contribution in [2.24, 2.45) is 11.8 Å². The number of aliphatic hydroxyl groups is 1. The minimum atomic E-state index is -3.41. The summed E-state index contributed by atoms with van der Waals surface area (Å²) in [6.07, 6.45) is 4.40. The highest BCUT2D eigenvalue weighted by atomic mass is 32.2. The molecule has 0 unspecified atom stereocenters. The zero-order valence-electron chi connectivity index (χ0n) is 16.2. The Labute approximate surface area is 157 Å². The van der Waals surface area contributed by atoms with Crippen LogP contribution in [0.2, 0.25) is 0 Å². The molecule has 1 aromatic rings. The van der Waals surface area contributed by atoms with E-state index in [4.69, 9.17) is 4.74 Å². The van der Waals surface area contributed by atoms with Gasteiger partial charge in [-0.15, -0.1) is 0 Å². The number of hydrogen-bond donors (Lipinski definition) is 1. The summed E-state index contributed by atoms with van der Waals surface area (Å²) >= 11 is 0. The van der Waals surface area contributed by atoms with Gasteiger partial charge in [0, 0.05) is 33.4 Å². The fourth-order valence-corrected chi connectivity index (χ4v) is 5.07. The van der Waals surface area contributed by atoms with Crippen molar-refractivity contribution in [2.45, 2.75) is 51.4 Å². The van der Waals surface area contributed by atoms with E-state index < -0.39 is 9.84 Å². The molecule has 1 N–H and O–H groups in total. The van der Waals surface area contributed by atoms with Crippen LogP contribution in [0, 0.1) is 11.8 Å². The lowest BCUT2D eigenvalue weighted by atomic mass is 9.99. The Bertz CT molecular complexity index is 657. The van der Waals surface area contributed by atoms with Gasteiger partial charge < -0.3 is 14.4 Å². The van der Waals surface area contributed by atoms with E-state index in [1.165, 1.54) is 0 Å². The third-order valence-corrected chi connectivity index (χ3v) is 6.56. The average molecular weight is 388 g/mol. The fourth-order valence-electron chi connectivity index (χ4n) is 3.34. The Morgan fingerprint density at radius 3 is 2.85 bits per heavy atom. The van der Waals surface area contributed by atoms with Crippen molar-refractivity contribution < 1.29 is 18.3 Å². The smallest absolute Gasteiger partial charge is 0.227 e. The number of nitrogens with zero attached hydrogens (tertiary/aromatic N) is 3. The summed E-state index contributed by atoms with van der Waals surface area (Å²) in [5.41, 5.74) is 0.892. The zero-order chi connectivity index (χ0) is 19.2. The molecule has 0 aliphatic carbocycles. The highest BCUT2D eigenvalue weighted by molar-refractivity contribution is 7.91. The van der Waals surface area contributed by atoms with Gasteiger partial charge >= 0.3 is 0 Å². The predicted molar refractivity (Wildman–Crippen MR) is 101 cm³/mol. The Hall–Kier alpha value is -0.960. The maximum atomic E-state index is 12.8. The van der Waals surface area contributed by atoms with Gasteiger partial charge in [0.05, 0.1) is 24.3 Å². The molecule has 0 aromatic carbocycles. The molecule has 1 atom stereocenters. The number of likely N-dealkylation sites (tertiary alicyclic amines) is 1. The van der Waals surface area contributed by atoms with E-state index in [-0.39, 0.29) is 17.5 Å². The number of aromatic nitrogens is 2. The molecule has 2 rings (SSSR count). The number of imidazole rings is 1. The van der Waals surface area contributed by atoms with Gasteiger partial charge in [0.1, 0.15) is 0 Å². The van der Waals surface area contributed by atoms with Gasteiger partial charge in [0.15, 0.2) is 0 Å². The van der Waals surface area contributed by atoms with Gasteiger partial charge in [0.2, 0.25) is 15.0 Å². The first-order valence-corrected chi connectivity index (χ1v) is 11.1. The normalized spacial score (nSPS) is 19.3. The summed E-state index contributed by atoms with van der Waals surface area (Å²) in [7, 11) is -1.80. The molecular weight excluding hydrogens is 354 g/mol. The second kappa shape index (κ2) is 9.82. The van der Waals surface area contributed by atoms with Gasteiger partial charge in [-0.25, -0.2) is 13.4 Å². The third kappa shape index (κ3) is 5.77. The first-order valence-electron chi connectivity index (χ1n) is 9.46. The van der Waals surface area contributed by atoms with Crippen molar-refractivity contribution in [3.8, 4) is 0 Å². The van der Waals surface area contributed by atoms with Gasteiger partial charge in [-0.2, -0.15) is 0 Å². The van der Waals surface area contributed by atoms with Crippen LogP contribution in [-0.2, 0) is 27.7 Å². The molecule has 7 nitrogen and oxygen atoms in total.